The van der Waals surface area contributed by atoms with E-state index in [1.54, 1.807) is 0 Å². The normalized spacial score (nSPS) is 10.4. The summed E-state index contributed by atoms with van der Waals surface area (Å²) in [5.41, 5.74) is 2.05. The molecule has 0 spiro atoms. The molecule has 0 saturated carbocycles. The Hall–Kier alpha value is -2.29. The average Bonchev–Trinajstić information content (AvgIpc) is 2.47. The summed E-state index contributed by atoms with van der Waals surface area (Å²) in [7, 11) is 0. The van der Waals surface area contributed by atoms with E-state index in [4.69, 9.17) is 9.47 Å². The average molecular weight is 284 g/mol. The van der Waals surface area contributed by atoms with Crippen LogP contribution in [-0.4, -0.2) is 12.1 Å². The second-order valence-corrected chi connectivity index (χ2v) is 5.13. The number of carbonyl (C=O) groups is 1. The maximum atomic E-state index is 11.6. The summed E-state index contributed by atoms with van der Waals surface area (Å²) in [6, 6.07) is 17.5. The second kappa shape index (κ2) is 7.48. The topological polar surface area (TPSA) is 35.5 Å². The highest BCUT2D eigenvalue weighted by molar-refractivity contribution is 5.72. The molecule has 0 N–H and O–H groups in total. The molecule has 0 bridgehead atoms. The van der Waals surface area contributed by atoms with Gasteiger partial charge in [-0.3, -0.25) is 4.79 Å². The molecule has 0 fully saturated rings. The first-order chi connectivity index (χ1) is 10.1. The summed E-state index contributed by atoms with van der Waals surface area (Å²) >= 11 is 0. The second-order valence-electron chi connectivity index (χ2n) is 5.13. The highest BCUT2D eigenvalue weighted by atomic mass is 16.5. The Morgan fingerprint density at radius 3 is 2.24 bits per heavy atom. The van der Waals surface area contributed by atoms with E-state index in [0.29, 0.717) is 6.61 Å². The highest BCUT2D eigenvalue weighted by Crippen LogP contribution is 2.15. The molecule has 2 aromatic carbocycles. The van der Waals surface area contributed by atoms with Crippen LogP contribution in [0.25, 0.3) is 0 Å². The lowest BCUT2D eigenvalue weighted by atomic mass is 10.1. The molecule has 0 unspecified atom stereocenters. The van der Waals surface area contributed by atoms with Crippen molar-refractivity contribution in [3.8, 4) is 5.75 Å². The Balaban J connectivity index is 1.86. The molecule has 0 heterocycles. The standard InChI is InChI=1S/C18H20O3/c1-14(2)21-18(19)12-15-8-10-17(11-9-15)20-13-16-6-4-3-5-7-16/h3-11,14H,12-13H2,1-2H3. The fourth-order valence-electron chi connectivity index (χ4n) is 1.92. The number of rotatable bonds is 6. The lowest BCUT2D eigenvalue weighted by Gasteiger charge is -2.09. The van der Waals surface area contributed by atoms with Crippen LogP contribution in [-0.2, 0) is 22.6 Å². The van der Waals surface area contributed by atoms with E-state index in [0.717, 1.165) is 16.9 Å². The Kier molecular flexibility index (Phi) is 5.38. The minimum atomic E-state index is -0.206. The molecular formula is C18H20O3. The zero-order chi connectivity index (χ0) is 15.1. The van der Waals surface area contributed by atoms with Crippen molar-refractivity contribution in [1.29, 1.82) is 0 Å². The van der Waals surface area contributed by atoms with Gasteiger partial charge >= 0.3 is 5.97 Å². The molecule has 0 aromatic heterocycles. The van der Waals surface area contributed by atoms with Crippen molar-refractivity contribution in [1.82, 2.24) is 0 Å². The van der Waals surface area contributed by atoms with Crippen LogP contribution in [0.5, 0.6) is 5.75 Å². The third-order valence-corrected chi connectivity index (χ3v) is 2.89. The minimum Gasteiger partial charge on any atom is -0.489 e. The molecule has 3 nitrogen and oxygen atoms in total. The van der Waals surface area contributed by atoms with Crippen LogP contribution in [0.3, 0.4) is 0 Å². The summed E-state index contributed by atoms with van der Waals surface area (Å²) in [5.74, 6) is 0.586. The smallest absolute Gasteiger partial charge is 0.310 e. The van der Waals surface area contributed by atoms with Gasteiger partial charge in [0, 0.05) is 0 Å². The molecule has 0 aliphatic carbocycles. The highest BCUT2D eigenvalue weighted by Gasteiger charge is 2.07. The van der Waals surface area contributed by atoms with Gasteiger partial charge in [0.15, 0.2) is 0 Å². The molecule has 110 valence electrons. The van der Waals surface area contributed by atoms with Gasteiger partial charge in [-0.05, 0) is 37.1 Å². The van der Waals surface area contributed by atoms with Gasteiger partial charge in [-0.15, -0.1) is 0 Å². The van der Waals surface area contributed by atoms with E-state index >= 15 is 0 Å². The first-order valence-corrected chi connectivity index (χ1v) is 7.08. The zero-order valence-corrected chi connectivity index (χ0v) is 12.4. The molecule has 0 atom stereocenters. The molecule has 2 aromatic rings. The summed E-state index contributed by atoms with van der Waals surface area (Å²) in [5, 5.41) is 0. The quantitative estimate of drug-likeness (QED) is 0.758. The molecule has 0 saturated heterocycles. The van der Waals surface area contributed by atoms with E-state index in [9.17, 15) is 4.79 Å². The number of hydrogen-bond donors (Lipinski definition) is 0. The fraction of sp³-hybridized carbons (Fsp3) is 0.278. The van der Waals surface area contributed by atoms with E-state index < -0.39 is 0 Å². The summed E-state index contributed by atoms with van der Waals surface area (Å²) < 4.78 is 10.8. The lowest BCUT2D eigenvalue weighted by Crippen LogP contribution is -2.13. The van der Waals surface area contributed by atoms with Crippen molar-refractivity contribution < 1.29 is 14.3 Å². The van der Waals surface area contributed by atoms with E-state index in [2.05, 4.69) is 0 Å². The van der Waals surface area contributed by atoms with Crippen LogP contribution in [0.15, 0.2) is 54.6 Å². The molecular weight excluding hydrogens is 264 g/mol. The molecule has 3 heteroatoms. The number of benzene rings is 2. The van der Waals surface area contributed by atoms with E-state index in [1.807, 2.05) is 68.4 Å². The van der Waals surface area contributed by atoms with Gasteiger partial charge in [-0.2, -0.15) is 0 Å². The van der Waals surface area contributed by atoms with Gasteiger partial charge in [0.2, 0.25) is 0 Å². The van der Waals surface area contributed by atoms with Crippen molar-refractivity contribution in [2.24, 2.45) is 0 Å². The first-order valence-electron chi connectivity index (χ1n) is 7.08. The monoisotopic (exact) mass is 284 g/mol. The van der Waals surface area contributed by atoms with Crippen molar-refractivity contribution in [3.05, 3.63) is 65.7 Å². The van der Waals surface area contributed by atoms with Crippen molar-refractivity contribution in [3.63, 3.8) is 0 Å². The maximum absolute atomic E-state index is 11.6. The van der Waals surface area contributed by atoms with Crippen LogP contribution in [0.4, 0.5) is 0 Å². The van der Waals surface area contributed by atoms with Crippen molar-refractivity contribution >= 4 is 5.97 Å². The van der Waals surface area contributed by atoms with Gasteiger partial charge in [-0.25, -0.2) is 0 Å². The van der Waals surface area contributed by atoms with Gasteiger partial charge in [-0.1, -0.05) is 42.5 Å². The molecule has 0 aliphatic heterocycles. The van der Waals surface area contributed by atoms with Gasteiger partial charge in [0.1, 0.15) is 12.4 Å². The van der Waals surface area contributed by atoms with Crippen LogP contribution < -0.4 is 4.74 Å². The Morgan fingerprint density at radius 2 is 1.62 bits per heavy atom. The Labute approximate surface area is 125 Å². The van der Waals surface area contributed by atoms with Gasteiger partial charge in [0.25, 0.3) is 0 Å². The Bertz CT molecular complexity index is 559. The third kappa shape index (κ3) is 5.30. The number of carbonyl (C=O) groups excluding carboxylic acids is 1. The largest absolute Gasteiger partial charge is 0.489 e. The molecule has 0 aliphatic rings. The van der Waals surface area contributed by atoms with Crippen LogP contribution >= 0.6 is 0 Å². The van der Waals surface area contributed by atoms with Crippen LogP contribution in [0.2, 0.25) is 0 Å². The van der Waals surface area contributed by atoms with E-state index in [-0.39, 0.29) is 18.5 Å². The van der Waals surface area contributed by atoms with Gasteiger partial charge < -0.3 is 9.47 Å². The molecule has 0 radical (unpaired) electrons. The fourth-order valence-corrected chi connectivity index (χ4v) is 1.92. The summed E-state index contributed by atoms with van der Waals surface area (Å²) in [6.07, 6.45) is 0.211. The minimum absolute atomic E-state index is 0.0778. The summed E-state index contributed by atoms with van der Waals surface area (Å²) in [6.45, 7) is 4.23. The third-order valence-electron chi connectivity index (χ3n) is 2.89. The van der Waals surface area contributed by atoms with Crippen molar-refractivity contribution in [2.75, 3.05) is 0 Å². The molecule has 21 heavy (non-hydrogen) atoms. The van der Waals surface area contributed by atoms with E-state index in [1.165, 1.54) is 0 Å². The number of ether oxygens (including phenoxy) is 2. The van der Waals surface area contributed by atoms with Gasteiger partial charge in [0.05, 0.1) is 12.5 Å². The van der Waals surface area contributed by atoms with Crippen LogP contribution in [0, 0.1) is 0 Å². The predicted octanol–water partition coefficient (Wildman–Crippen LogP) is 3.76. The maximum Gasteiger partial charge on any atom is 0.310 e. The summed E-state index contributed by atoms with van der Waals surface area (Å²) in [4.78, 5) is 11.6. The Morgan fingerprint density at radius 1 is 0.952 bits per heavy atom. The van der Waals surface area contributed by atoms with Crippen molar-refractivity contribution in [2.45, 2.75) is 33.0 Å². The first kappa shape index (κ1) is 15.1. The number of esters is 1. The molecule has 2 rings (SSSR count). The predicted molar refractivity (Wildman–Crippen MR) is 82.1 cm³/mol. The molecule has 0 amide bonds. The lowest BCUT2D eigenvalue weighted by molar-refractivity contribution is -0.146. The van der Waals surface area contributed by atoms with Crippen LogP contribution in [0.1, 0.15) is 25.0 Å². The SMILES string of the molecule is CC(C)OC(=O)Cc1ccc(OCc2ccccc2)cc1. The number of hydrogen-bond acceptors (Lipinski definition) is 3. The zero-order valence-electron chi connectivity index (χ0n) is 12.4.